The Kier molecular flexibility index (Phi) is 4.44. The second-order valence-corrected chi connectivity index (χ2v) is 7.20. The summed E-state index contributed by atoms with van der Waals surface area (Å²) in [7, 11) is -3.49. The van der Waals surface area contributed by atoms with E-state index < -0.39 is 15.6 Å². The molecule has 0 fully saturated rings. The van der Waals surface area contributed by atoms with Gasteiger partial charge in [0.05, 0.1) is 11.3 Å². The van der Waals surface area contributed by atoms with Crippen molar-refractivity contribution >= 4 is 10.0 Å². The van der Waals surface area contributed by atoms with E-state index in [-0.39, 0.29) is 11.6 Å². The standard InChI is InChI=1S/C16H18FNO2S/c1-16(2,14-8-10-15(17)11-9-14)18-21(19,20)12-13-6-4-3-5-7-13/h3-11,18H,12H2,1-2H3. The molecule has 0 saturated carbocycles. The van der Waals surface area contributed by atoms with E-state index in [0.717, 1.165) is 5.56 Å². The zero-order valence-electron chi connectivity index (χ0n) is 12.0. The molecule has 0 aliphatic rings. The second-order valence-electron chi connectivity index (χ2n) is 5.48. The maximum absolute atomic E-state index is 13.0. The first-order chi connectivity index (χ1) is 9.78. The molecule has 21 heavy (non-hydrogen) atoms. The van der Waals surface area contributed by atoms with E-state index in [1.165, 1.54) is 12.1 Å². The van der Waals surface area contributed by atoms with Crippen molar-refractivity contribution in [2.45, 2.75) is 25.1 Å². The summed E-state index contributed by atoms with van der Waals surface area (Å²) in [6.45, 7) is 3.51. The summed E-state index contributed by atoms with van der Waals surface area (Å²) in [5.74, 6) is -0.431. The van der Waals surface area contributed by atoms with Crippen LogP contribution in [0.4, 0.5) is 4.39 Å². The minimum Gasteiger partial charge on any atom is -0.212 e. The third kappa shape index (κ3) is 4.37. The molecule has 0 spiro atoms. The normalized spacial score (nSPS) is 12.3. The maximum Gasteiger partial charge on any atom is 0.216 e. The smallest absolute Gasteiger partial charge is 0.212 e. The quantitative estimate of drug-likeness (QED) is 0.922. The average molecular weight is 307 g/mol. The zero-order chi connectivity index (χ0) is 15.5. The van der Waals surface area contributed by atoms with Gasteiger partial charge in [0.1, 0.15) is 5.82 Å². The first-order valence-corrected chi connectivity index (χ1v) is 8.25. The summed E-state index contributed by atoms with van der Waals surface area (Å²) in [4.78, 5) is 0. The van der Waals surface area contributed by atoms with Crippen LogP contribution in [-0.4, -0.2) is 8.42 Å². The van der Waals surface area contributed by atoms with Crippen LogP contribution in [0, 0.1) is 5.82 Å². The molecule has 0 unspecified atom stereocenters. The summed E-state index contributed by atoms with van der Waals surface area (Å²) < 4.78 is 40.2. The van der Waals surface area contributed by atoms with Gasteiger partial charge in [0.15, 0.2) is 0 Å². The average Bonchev–Trinajstić information content (AvgIpc) is 2.38. The molecule has 3 nitrogen and oxygen atoms in total. The van der Waals surface area contributed by atoms with E-state index in [1.54, 1.807) is 50.2 Å². The van der Waals surface area contributed by atoms with Gasteiger partial charge in [0.25, 0.3) is 0 Å². The Hall–Kier alpha value is -1.72. The van der Waals surface area contributed by atoms with Crippen LogP contribution in [-0.2, 0) is 21.3 Å². The van der Waals surface area contributed by atoms with E-state index in [4.69, 9.17) is 0 Å². The molecule has 1 N–H and O–H groups in total. The van der Waals surface area contributed by atoms with Gasteiger partial charge in [-0.15, -0.1) is 0 Å². The van der Waals surface area contributed by atoms with Crippen LogP contribution in [0.25, 0.3) is 0 Å². The number of sulfonamides is 1. The molecule has 2 rings (SSSR count). The number of hydrogen-bond acceptors (Lipinski definition) is 2. The molecule has 0 radical (unpaired) electrons. The van der Waals surface area contributed by atoms with Gasteiger partial charge in [-0.1, -0.05) is 42.5 Å². The largest absolute Gasteiger partial charge is 0.216 e. The lowest BCUT2D eigenvalue weighted by atomic mass is 9.96. The minimum absolute atomic E-state index is 0.0849. The molecule has 0 aliphatic carbocycles. The molecule has 2 aromatic rings. The number of benzene rings is 2. The number of halogens is 1. The van der Waals surface area contributed by atoms with Crippen molar-refractivity contribution in [1.29, 1.82) is 0 Å². The monoisotopic (exact) mass is 307 g/mol. The topological polar surface area (TPSA) is 46.2 Å². The van der Waals surface area contributed by atoms with Crippen LogP contribution in [0.15, 0.2) is 54.6 Å². The van der Waals surface area contributed by atoms with E-state index in [1.807, 2.05) is 6.07 Å². The van der Waals surface area contributed by atoms with Crippen molar-refractivity contribution in [3.8, 4) is 0 Å². The Morgan fingerprint density at radius 3 is 2.14 bits per heavy atom. The van der Waals surface area contributed by atoms with Gasteiger partial charge in [-0.25, -0.2) is 17.5 Å². The van der Waals surface area contributed by atoms with Crippen LogP contribution < -0.4 is 4.72 Å². The summed E-state index contributed by atoms with van der Waals surface area (Å²) in [5, 5.41) is 0. The van der Waals surface area contributed by atoms with Crippen molar-refractivity contribution in [3.05, 3.63) is 71.5 Å². The summed E-state index contributed by atoms with van der Waals surface area (Å²) in [6, 6.07) is 14.8. The van der Waals surface area contributed by atoms with Gasteiger partial charge in [-0.3, -0.25) is 0 Å². The molecule has 0 bridgehead atoms. The summed E-state index contributed by atoms with van der Waals surface area (Å²) in [6.07, 6.45) is 0. The minimum atomic E-state index is -3.49. The van der Waals surface area contributed by atoms with Crippen molar-refractivity contribution in [2.24, 2.45) is 0 Å². The Morgan fingerprint density at radius 1 is 1.00 bits per heavy atom. The zero-order valence-corrected chi connectivity index (χ0v) is 12.8. The third-order valence-corrected chi connectivity index (χ3v) is 4.71. The first-order valence-electron chi connectivity index (χ1n) is 6.60. The highest BCUT2D eigenvalue weighted by molar-refractivity contribution is 7.88. The van der Waals surface area contributed by atoms with Crippen molar-refractivity contribution in [2.75, 3.05) is 0 Å². The number of rotatable bonds is 5. The van der Waals surface area contributed by atoms with Crippen LogP contribution in [0.5, 0.6) is 0 Å². The summed E-state index contributed by atoms with van der Waals surface area (Å²) >= 11 is 0. The fourth-order valence-corrected chi connectivity index (χ4v) is 3.74. The number of nitrogens with one attached hydrogen (secondary N) is 1. The van der Waals surface area contributed by atoms with Crippen LogP contribution in [0.2, 0.25) is 0 Å². The predicted molar refractivity (Wildman–Crippen MR) is 81.6 cm³/mol. The lowest BCUT2D eigenvalue weighted by Crippen LogP contribution is -2.41. The Morgan fingerprint density at radius 2 is 1.57 bits per heavy atom. The van der Waals surface area contributed by atoms with E-state index >= 15 is 0 Å². The number of hydrogen-bond donors (Lipinski definition) is 1. The predicted octanol–water partition coefficient (Wildman–Crippen LogP) is 3.18. The summed E-state index contributed by atoms with van der Waals surface area (Å²) in [5.41, 5.74) is 0.627. The molecule has 2 aromatic carbocycles. The van der Waals surface area contributed by atoms with Gasteiger partial charge < -0.3 is 0 Å². The highest BCUT2D eigenvalue weighted by Crippen LogP contribution is 2.22. The molecule has 0 amide bonds. The Balaban J connectivity index is 2.17. The van der Waals surface area contributed by atoms with Crippen LogP contribution in [0.3, 0.4) is 0 Å². The fourth-order valence-electron chi connectivity index (χ4n) is 2.14. The lowest BCUT2D eigenvalue weighted by Gasteiger charge is -2.26. The molecule has 0 heterocycles. The van der Waals surface area contributed by atoms with Gasteiger partial charge in [-0.2, -0.15) is 0 Å². The molecule has 0 aliphatic heterocycles. The SMILES string of the molecule is CC(C)(NS(=O)(=O)Cc1ccccc1)c1ccc(F)cc1. The van der Waals surface area contributed by atoms with Crippen molar-refractivity contribution in [3.63, 3.8) is 0 Å². The molecule has 0 saturated heterocycles. The molecule has 5 heteroatoms. The molecule has 112 valence electrons. The molecular weight excluding hydrogens is 289 g/mol. The molecule has 0 aromatic heterocycles. The fraction of sp³-hybridized carbons (Fsp3) is 0.250. The second kappa shape index (κ2) is 5.95. The van der Waals surface area contributed by atoms with Gasteiger partial charge >= 0.3 is 0 Å². The van der Waals surface area contributed by atoms with Crippen LogP contribution in [0.1, 0.15) is 25.0 Å². The van der Waals surface area contributed by atoms with Gasteiger partial charge in [-0.05, 0) is 37.1 Å². The van der Waals surface area contributed by atoms with E-state index in [9.17, 15) is 12.8 Å². The van der Waals surface area contributed by atoms with E-state index in [2.05, 4.69) is 4.72 Å². The van der Waals surface area contributed by atoms with Gasteiger partial charge in [0.2, 0.25) is 10.0 Å². The van der Waals surface area contributed by atoms with Gasteiger partial charge in [0, 0.05) is 0 Å². The van der Waals surface area contributed by atoms with Crippen molar-refractivity contribution in [1.82, 2.24) is 4.72 Å². The molecule has 0 atom stereocenters. The van der Waals surface area contributed by atoms with E-state index in [0.29, 0.717) is 5.56 Å². The Bertz CT molecular complexity index is 695. The van der Waals surface area contributed by atoms with Crippen LogP contribution >= 0.6 is 0 Å². The highest BCUT2D eigenvalue weighted by atomic mass is 32.2. The highest BCUT2D eigenvalue weighted by Gasteiger charge is 2.26. The Labute approximate surface area is 124 Å². The molecular formula is C16H18FNO2S. The lowest BCUT2D eigenvalue weighted by molar-refractivity contribution is 0.470. The first kappa shape index (κ1) is 15.7. The third-order valence-electron chi connectivity index (χ3n) is 3.18. The maximum atomic E-state index is 13.0. The van der Waals surface area contributed by atoms with Crippen molar-refractivity contribution < 1.29 is 12.8 Å².